The third kappa shape index (κ3) is 3.80. The van der Waals surface area contributed by atoms with Crippen LogP contribution in [0.4, 0.5) is 0 Å². The Morgan fingerprint density at radius 3 is 2.82 bits per heavy atom. The molecule has 1 fully saturated rings. The summed E-state index contributed by atoms with van der Waals surface area (Å²) in [6.45, 7) is 8.19. The molecule has 3 heteroatoms. The largest absolute Gasteiger partial charge is 0.376 e. The van der Waals surface area contributed by atoms with Crippen LogP contribution in [0.25, 0.3) is 0 Å². The Bertz CT molecular complexity index is 359. The minimum Gasteiger partial charge on any atom is -0.376 e. The van der Waals surface area contributed by atoms with Crippen LogP contribution in [-0.2, 0) is 16.0 Å². The molecule has 94 valence electrons. The zero-order valence-corrected chi connectivity index (χ0v) is 10.7. The summed E-state index contributed by atoms with van der Waals surface area (Å²) >= 11 is 0. The minimum atomic E-state index is 0.204. The van der Waals surface area contributed by atoms with Gasteiger partial charge in [0.2, 0.25) is 0 Å². The van der Waals surface area contributed by atoms with Gasteiger partial charge >= 0.3 is 0 Å². The van der Waals surface area contributed by atoms with E-state index in [2.05, 4.69) is 37.4 Å². The smallest absolute Gasteiger partial charge is 0.0933 e. The summed E-state index contributed by atoms with van der Waals surface area (Å²) in [6, 6.07) is 6.58. The number of benzene rings is 1. The molecular formula is C14H21NO2. The molecule has 0 bridgehead atoms. The van der Waals surface area contributed by atoms with E-state index < -0.39 is 0 Å². The van der Waals surface area contributed by atoms with E-state index in [-0.39, 0.29) is 6.10 Å². The Kier molecular flexibility index (Phi) is 4.54. The van der Waals surface area contributed by atoms with Crippen molar-refractivity contribution < 1.29 is 9.47 Å². The average molecular weight is 235 g/mol. The number of aryl methyl sites for hydroxylation is 2. The summed E-state index contributed by atoms with van der Waals surface area (Å²) in [6.07, 6.45) is 0.204. The molecule has 1 N–H and O–H groups in total. The second-order valence-electron chi connectivity index (χ2n) is 4.62. The van der Waals surface area contributed by atoms with Crippen molar-refractivity contribution >= 4 is 0 Å². The van der Waals surface area contributed by atoms with Gasteiger partial charge in [-0.15, -0.1) is 0 Å². The Morgan fingerprint density at radius 2 is 2.12 bits per heavy atom. The topological polar surface area (TPSA) is 30.5 Å². The molecule has 1 saturated heterocycles. The number of rotatable bonds is 4. The van der Waals surface area contributed by atoms with Gasteiger partial charge in [-0.05, 0) is 30.5 Å². The molecule has 1 aliphatic heterocycles. The molecule has 0 amide bonds. The summed E-state index contributed by atoms with van der Waals surface area (Å²) in [4.78, 5) is 0. The molecule has 1 aliphatic rings. The molecule has 0 aliphatic carbocycles. The summed E-state index contributed by atoms with van der Waals surface area (Å²) < 4.78 is 10.9. The lowest BCUT2D eigenvalue weighted by Gasteiger charge is -2.23. The lowest BCUT2D eigenvalue weighted by Crippen LogP contribution is -2.37. The highest BCUT2D eigenvalue weighted by molar-refractivity contribution is 5.29. The van der Waals surface area contributed by atoms with Gasteiger partial charge in [-0.2, -0.15) is 0 Å². The SMILES string of the molecule is Cc1ccc(CNCC2COCCO2)cc1C. The molecule has 0 spiro atoms. The van der Waals surface area contributed by atoms with Crippen molar-refractivity contribution in [3.63, 3.8) is 0 Å². The van der Waals surface area contributed by atoms with Crippen LogP contribution >= 0.6 is 0 Å². The summed E-state index contributed by atoms with van der Waals surface area (Å²) in [7, 11) is 0. The highest BCUT2D eigenvalue weighted by Crippen LogP contribution is 2.09. The lowest BCUT2D eigenvalue weighted by molar-refractivity contribution is -0.0864. The third-order valence-corrected chi connectivity index (χ3v) is 3.16. The fourth-order valence-electron chi connectivity index (χ4n) is 1.95. The maximum Gasteiger partial charge on any atom is 0.0933 e. The van der Waals surface area contributed by atoms with Crippen molar-refractivity contribution in [2.75, 3.05) is 26.4 Å². The van der Waals surface area contributed by atoms with Gasteiger partial charge in [-0.3, -0.25) is 0 Å². The van der Waals surface area contributed by atoms with E-state index >= 15 is 0 Å². The second kappa shape index (κ2) is 6.15. The first-order valence-electron chi connectivity index (χ1n) is 6.22. The molecule has 17 heavy (non-hydrogen) atoms. The minimum absolute atomic E-state index is 0.204. The van der Waals surface area contributed by atoms with Crippen LogP contribution in [0.5, 0.6) is 0 Å². The van der Waals surface area contributed by atoms with Crippen molar-refractivity contribution in [3.8, 4) is 0 Å². The maximum absolute atomic E-state index is 5.57. The fraction of sp³-hybridized carbons (Fsp3) is 0.571. The molecule has 1 heterocycles. The normalized spacial score (nSPS) is 20.5. The monoisotopic (exact) mass is 235 g/mol. The van der Waals surface area contributed by atoms with E-state index in [9.17, 15) is 0 Å². The molecule has 0 radical (unpaired) electrons. The van der Waals surface area contributed by atoms with Crippen LogP contribution in [0, 0.1) is 13.8 Å². The van der Waals surface area contributed by atoms with Crippen LogP contribution in [-0.4, -0.2) is 32.5 Å². The van der Waals surface area contributed by atoms with Crippen molar-refractivity contribution in [1.29, 1.82) is 0 Å². The van der Waals surface area contributed by atoms with Gasteiger partial charge in [0, 0.05) is 13.1 Å². The number of nitrogens with one attached hydrogen (secondary N) is 1. The van der Waals surface area contributed by atoms with Crippen molar-refractivity contribution in [1.82, 2.24) is 5.32 Å². The summed E-state index contributed by atoms with van der Waals surface area (Å²) in [5.41, 5.74) is 4.02. The molecular weight excluding hydrogens is 214 g/mol. The maximum atomic E-state index is 5.57. The predicted octanol–water partition coefficient (Wildman–Crippen LogP) is 1.81. The van der Waals surface area contributed by atoms with E-state index in [0.29, 0.717) is 6.61 Å². The zero-order chi connectivity index (χ0) is 12.1. The van der Waals surface area contributed by atoms with Crippen molar-refractivity contribution in [3.05, 3.63) is 34.9 Å². The lowest BCUT2D eigenvalue weighted by atomic mass is 10.1. The van der Waals surface area contributed by atoms with Gasteiger partial charge < -0.3 is 14.8 Å². The van der Waals surface area contributed by atoms with E-state index in [0.717, 1.165) is 26.3 Å². The van der Waals surface area contributed by atoms with E-state index in [4.69, 9.17) is 9.47 Å². The summed E-state index contributed by atoms with van der Waals surface area (Å²) in [5.74, 6) is 0. The van der Waals surface area contributed by atoms with E-state index in [1.54, 1.807) is 0 Å². The van der Waals surface area contributed by atoms with Gasteiger partial charge in [0.1, 0.15) is 0 Å². The molecule has 1 atom stereocenters. The molecule has 1 aromatic rings. The average Bonchev–Trinajstić information content (AvgIpc) is 2.35. The molecule has 1 unspecified atom stereocenters. The van der Waals surface area contributed by atoms with Gasteiger partial charge in [-0.25, -0.2) is 0 Å². The molecule has 0 aromatic heterocycles. The fourth-order valence-corrected chi connectivity index (χ4v) is 1.95. The highest BCUT2D eigenvalue weighted by atomic mass is 16.6. The van der Waals surface area contributed by atoms with Crippen LogP contribution in [0.1, 0.15) is 16.7 Å². The molecule has 0 saturated carbocycles. The highest BCUT2D eigenvalue weighted by Gasteiger charge is 2.13. The van der Waals surface area contributed by atoms with Crippen molar-refractivity contribution in [2.24, 2.45) is 0 Å². The van der Waals surface area contributed by atoms with E-state index in [1.165, 1.54) is 16.7 Å². The van der Waals surface area contributed by atoms with Crippen LogP contribution in [0.3, 0.4) is 0 Å². The van der Waals surface area contributed by atoms with Crippen LogP contribution < -0.4 is 5.32 Å². The number of hydrogen-bond donors (Lipinski definition) is 1. The molecule has 1 aromatic carbocycles. The first kappa shape index (κ1) is 12.6. The van der Waals surface area contributed by atoms with Gasteiger partial charge in [-0.1, -0.05) is 18.2 Å². The number of ether oxygens (including phenoxy) is 2. The summed E-state index contributed by atoms with van der Waals surface area (Å²) in [5, 5.41) is 3.41. The number of hydrogen-bond acceptors (Lipinski definition) is 3. The Morgan fingerprint density at radius 1 is 1.24 bits per heavy atom. The van der Waals surface area contributed by atoms with E-state index in [1.807, 2.05) is 0 Å². The molecule has 2 rings (SSSR count). The van der Waals surface area contributed by atoms with Gasteiger partial charge in [0.05, 0.1) is 25.9 Å². The van der Waals surface area contributed by atoms with Gasteiger partial charge in [0.25, 0.3) is 0 Å². The Labute approximate surface area is 103 Å². The Balaban J connectivity index is 1.75. The quantitative estimate of drug-likeness (QED) is 0.863. The third-order valence-electron chi connectivity index (χ3n) is 3.16. The Hall–Kier alpha value is -0.900. The second-order valence-corrected chi connectivity index (χ2v) is 4.62. The predicted molar refractivity (Wildman–Crippen MR) is 68.2 cm³/mol. The van der Waals surface area contributed by atoms with Crippen LogP contribution in [0.15, 0.2) is 18.2 Å². The van der Waals surface area contributed by atoms with Gasteiger partial charge in [0.15, 0.2) is 0 Å². The zero-order valence-electron chi connectivity index (χ0n) is 10.7. The standard InChI is InChI=1S/C14H21NO2/c1-11-3-4-13(7-12(11)2)8-15-9-14-10-16-5-6-17-14/h3-4,7,14-15H,5-6,8-10H2,1-2H3. The van der Waals surface area contributed by atoms with Crippen molar-refractivity contribution in [2.45, 2.75) is 26.5 Å². The molecule has 3 nitrogen and oxygen atoms in total. The first-order chi connectivity index (χ1) is 8.25. The van der Waals surface area contributed by atoms with Crippen LogP contribution in [0.2, 0.25) is 0 Å². The first-order valence-corrected chi connectivity index (χ1v) is 6.22.